The maximum absolute atomic E-state index is 13.8. The zero-order chi connectivity index (χ0) is 21.6. The molecule has 0 radical (unpaired) electrons. The highest BCUT2D eigenvalue weighted by atomic mass is 19.1. The van der Waals surface area contributed by atoms with Gasteiger partial charge in [-0.3, -0.25) is 19.1 Å². The van der Waals surface area contributed by atoms with Crippen LogP contribution in [-0.2, 0) is 16.1 Å². The van der Waals surface area contributed by atoms with Crippen LogP contribution in [0.15, 0.2) is 35.7 Å². The fraction of sp³-hybridized carbons (Fsp3) is 0.478. The number of allylic oxidation sites excluding steroid dienone is 2. The number of para-hydroxylation sites is 1. The van der Waals surface area contributed by atoms with Crippen LogP contribution >= 0.6 is 0 Å². The summed E-state index contributed by atoms with van der Waals surface area (Å²) in [6, 6.07) is 6.92. The van der Waals surface area contributed by atoms with Crippen LogP contribution in [0.4, 0.5) is 4.39 Å². The van der Waals surface area contributed by atoms with E-state index in [1.165, 1.54) is 6.92 Å². The van der Waals surface area contributed by atoms with Crippen molar-refractivity contribution in [1.82, 2.24) is 14.7 Å². The van der Waals surface area contributed by atoms with Crippen LogP contribution in [0.25, 0.3) is 10.9 Å². The number of aromatic nitrogens is 2. The zero-order valence-electron chi connectivity index (χ0n) is 17.5. The second kappa shape index (κ2) is 7.78. The molecule has 4 rings (SSSR count). The van der Waals surface area contributed by atoms with Gasteiger partial charge in [-0.2, -0.15) is 5.10 Å². The average molecular weight is 411 g/mol. The lowest BCUT2D eigenvalue weighted by Gasteiger charge is -2.27. The van der Waals surface area contributed by atoms with E-state index in [2.05, 4.69) is 5.10 Å². The Hall–Kier alpha value is -2.83. The number of carbonyl (C=O) groups is 3. The van der Waals surface area contributed by atoms with Crippen molar-refractivity contribution in [1.29, 1.82) is 0 Å². The number of piperidine rings is 1. The molecule has 0 N–H and O–H groups in total. The van der Waals surface area contributed by atoms with Crippen molar-refractivity contribution in [2.24, 2.45) is 5.92 Å². The number of hydrogen-bond donors (Lipinski definition) is 0. The maximum atomic E-state index is 13.8. The van der Waals surface area contributed by atoms with E-state index in [1.54, 1.807) is 23.4 Å². The normalized spacial score (nSPS) is 22.1. The first kappa shape index (κ1) is 20.4. The molecule has 1 amide bonds. The topological polar surface area (TPSA) is 72.3 Å². The molecule has 158 valence electrons. The standard InChI is InChI=1S/C23H26FN3O3/c1-13(2)17(24)8-9-21(29)20-11-15-10-19(15)27(20)22(30)12-26-18-7-5-4-6-16(18)23(25-26)14(3)28/h4-7,15,19-20H,8-12H2,1-3H3/t15-,19-,20+/m1/s1. The van der Waals surface area contributed by atoms with Gasteiger partial charge in [-0.25, -0.2) is 4.39 Å². The molecule has 1 aliphatic heterocycles. The van der Waals surface area contributed by atoms with Gasteiger partial charge in [0.05, 0.1) is 17.4 Å². The Morgan fingerprint density at radius 1 is 1.10 bits per heavy atom. The molecule has 2 aromatic rings. The van der Waals surface area contributed by atoms with Gasteiger partial charge in [-0.15, -0.1) is 0 Å². The van der Waals surface area contributed by atoms with E-state index in [0.717, 1.165) is 11.9 Å². The highest BCUT2D eigenvalue weighted by Crippen LogP contribution is 2.48. The molecule has 7 heteroatoms. The van der Waals surface area contributed by atoms with E-state index in [0.29, 0.717) is 29.0 Å². The van der Waals surface area contributed by atoms with E-state index >= 15 is 0 Å². The third-order valence-electron chi connectivity index (χ3n) is 6.17. The molecule has 1 aromatic heterocycles. The molecule has 0 unspecified atom stereocenters. The van der Waals surface area contributed by atoms with Gasteiger partial charge in [0, 0.05) is 31.2 Å². The molecule has 6 nitrogen and oxygen atoms in total. The SMILES string of the molecule is CC(=O)c1nn(CC(=O)N2[C@@H]3C[C@@H]3C[C@H]2C(=O)CCC(F)=C(C)C)c2ccccc12. The first-order chi connectivity index (χ1) is 14.3. The average Bonchev–Trinajstić information content (AvgIpc) is 3.21. The lowest BCUT2D eigenvalue weighted by atomic mass is 10.0. The third kappa shape index (κ3) is 3.68. The van der Waals surface area contributed by atoms with E-state index < -0.39 is 6.04 Å². The second-order valence-corrected chi connectivity index (χ2v) is 8.57. The lowest BCUT2D eigenvalue weighted by molar-refractivity contribution is -0.139. The Morgan fingerprint density at radius 3 is 2.53 bits per heavy atom. The zero-order valence-corrected chi connectivity index (χ0v) is 17.5. The number of halogens is 1. The largest absolute Gasteiger partial charge is 0.328 e. The minimum absolute atomic E-state index is 0.0247. The molecule has 0 bridgehead atoms. The third-order valence-corrected chi connectivity index (χ3v) is 6.17. The minimum Gasteiger partial charge on any atom is -0.328 e. The van der Waals surface area contributed by atoms with Crippen molar-refractivity contribution in [3.05, 3.63) is 41.4 Å². The van der Waals surface area contributed by atoms with Crippen LogP contribution in [0.3, 0.4) is 0 Å². The smallest absolute Gasteiger partial charge is 0.245 e. The summed E-state index contributed by atoms with van der Waals surface area (Å²) < 4.78 is 15.4. The Morgan fingerprint density at radius 2 is 1.83 bits per heavy atom. The molecular weight excluding hydrogens is 385 g/mol. The highest BCUT2D eigenvalue weighted by Gasteiger charge is 2.55. The monoisotopic (exact) mass is 411 g/mol. The van der Waals surface area contributed by atoms with Crippen molar-refractivity contribution in [2.45, 2.75) is 65.1 Å². The fourth-order valence-electron chi connectivity index (χ4n) is 4.47. The van der Waals surface area contributed by atoms with Gasteiger partial charge in [0.25, 0.3) is 0 Å². The van der Waals surface area contributed by atoms with E-state index in [9.17, 15) is 18.8 Å². The summed E-state index contributed by atoms with van der Waals surface area (Å²) in [6.45, 7) is 4.80. The van der Waals surface area contributed by atoms with Crippen LogP contribution < -0.4 is 0 Å². The van der Waals surface area contributed by atoms with Crippen molar-refractivity contribution in [2.75, 3.05) is 0 Å². The number of Topliss-reactive ketones (excluding diaryl/α,β-unsaturated/α-hetero) is 2. The Bertz CT molecular complexity index is 1070. The first-order valence-electron chi connectivity index (χ1n) is 10.4. The first-order valence-corrected chi connectivity index (χ1v) is 10.4. The van der Waals surface area contributed by atoms with Crippen LogP contribution in [0.5, 0.6) is 0 Å². The van der Waals surface area contributed by atoms with E-state index in [-0.39, 0.29) is 48.7 Å². The van der Waals surface area contributed by atoms with Crippen molar-refractivity contribution in [3.63, 3.8) is 0 Å². The summed E-state index contributed by atoms with van der Waals surface area (Å²) >= 11 is 0. The van der Waals surface area contributed by atoms with Crippen LogP contribution in [0.2, 0.25) is 0 Å². The number of rotatable bonds is 7. The van der Waals surface area contributed by atoms with Gasteiger partial charge in [-0.1, -0.05) is 18.2 Å². The number of carbonyl (C=O) groups excluding carboxylic acids is 3. The molecule has 2 fully saturated rings. The maximum Gasteiger partial charge on any atom is 0.245 e. The number of ketones is 2. The number of benzene rings is 1. The second-order valence-electron chi connectivity index (χ2n) is 8.57. The molecular formula is C23H26FN3O3. The van der Waals surface area contributed by atoms with Crippen molar-refractivity contribution in [3.8, 4) is 0 Å². The summed E-state index contributed by atoms with van der Waals surface area (Å²) in [5.74, 6) is -0.316. The Labute approximate surface area is 174 Å². The molecule has 3 atom stereocenters. The molecule has 1 saturated carbocycles. The molecule has 30 heavy (non-hydrogen) atoms. The fourth-order valence-corrected chi connectivity index (χ4v) is 4.47. The number of likely N-dealkylation sites (tertiary alicyclic amines) is 1. The van der Waals surface area contributed by atoms with E-state index in [4.69, 9.17) is 0 Å². The molecule has 0 spiro atoms. The summed E-state index contributed by atoms with van der Waals surface area (Å²) in [5, 5.41) is 5.08. The van der Waals surface area contributed by atoms with Crippen LogP contribution in [-0.4, -0.2) is 44.2 Å². The van der Waals surface area contributed by atoms with Gasteiger partial charge < -0.3 is 4.90 Å². The van der Waals surface area contributed by atoms with Crippen molar-refractivity contribution >= 4 is 28.4 Å². The summed E-state index contributed by atoms with van der Waals surface area (Å²) in [5.41, 5.74) is 1.64. The molecule has 2 aliphatic rings. The number of hydrogen-bond acceptors (Lipinski definition) is 4. The van der Waals surface area contributed by atoms with Gasteiger partial charge in [0.1, 0.15) is 12.2 Å². The molecule has 1 saturated heterocycles. The molecule has 1 aromatic carbocycles. The van der Waals surface area contributed by atoms with Crippen LogP contribution in [0, 0.1) is 5.92 Å². The lowest BCUT2D eigenvalue weighted by Crippen LogP contribution is -2.44. The number of fused-ring (bicyclic) bond motifs is 2. The van der Waals surface area contributed by atoms with Crippen molar-refractivity contribution < 1.29 is 18.8 Å². The van der Waals surface area contributed by atoms with Gasteiger partial charge in [0.15, 0.2) is 11.6 Å². The van der Waals surface area contributed by atoms with Crippen LogP contribution in [0.1, 0.15) is 56.9 Å². The van der Waals surface area contributed by atoms with Gasteiger partial charge in [-0.05, 0) is 44.2 Å². The quantitative estimate of drug-likeness (QED) is 0.649. The molecule has 1 aliphatic carbocycles. The highest BCUT2D eigenvalue weighted by molar-refractivity contribution is 6.05. The minimum atomic E-state index is -0.486. The Balaban J connectivity index is 1.53. The Kier molecular flexibility index (Phi) is 5.30. The number of nitrogens with zero attached hydrogens (tertiary/aromatic N) is 3. The summed E-state index contributed by atoms with van der Waals surface area (Å²) in [7, 11) is 0. The summed E-state index contributed by atoms with van der Waals surface area (Å²) in [6.07, 6.45) is 1.76. The van der Waals surface area contributed by atoms with Gasteiger partial charge >= 0.3 is 0 Å². The predicted octanol–water partition coefficient (Wildman–Crippen LogP) is 3.84. The van der Waals surface area contributed by atoms with Gasteiger partial charge in [0.2, 0.25) is 5.91 Å². The summed E-state index contributed by atoms with van der Waals surface area (Å²) in [4.78, 5) is 39.6. The number of amides is 1. The van der Waals surface area contributed by atoms with E-state index in [1.807, 2.05) is 24.3 Å². The predicted molar refractivity (Wildman–Crippen MR) is 111 cm³/mol. The molecule has 2 heterocycles.